The van der Waals surface area contributed by atoms with E-state index in [0.29, 0.717) is 29.2 Å². The number of rotatable bonds is 12. The molecule has 3 aromatic rings. The van der Waals surface area contributed by atoms with Crippen LogP contribution in [-0.2, 0) is 21.2 Å². The summed E-state index contributed by atoms with van der Waals surface area (Å²) in [6.45, 7) is -0.287. The zero-order valence-electron chi connectivity index (χ0n) is 20.7. The van der Waals surface area contributed by atoms with Gasteiger partial charge in [-0.15, -0.1) is 0 Å². The van der Waals surface area contributed by atoms with Crippen LogP contribution in [0.4, 0.5) is 0 Å². The number of ether oxygens (including phenoxy) is 3. The smallest absolute Gasteiger partial charge is 0.255 e. The molecular formula is C26H28BrN3O6S. The number of hydrogen-bond acceptors (Lipinski definition) is 7. The van der Waals surface area contributed by atoms with Gasteiger partial charge in [-0.1, -0.05) is 46.3 Å². The molecule has 0 aliphatic carbocycles. The summed E-state index contributed by atoms with van der Waals surface area (Å²) < 4.78 is 44.5. The largest absolute Gasteiger partial charge is 0.493 e. The molecule has 11 heteroatoms. The fourth-order valence-electron chi connectivity index (χ4n) is 3.49. The number of nitrogens with zero attached hydrogens (tertiary/aromatic N) is 2. The Morgan fingerprint density at radius 1 is 0.973 bits per heavy atom. The van der Waals surface area contributed by atoms with Crippen LogP contribution in [0.1, 0.15) is 11.1 Å². The molecule has 1 amide bonds. The number of nitrogens with one attached hydrogen (secondary N) is 1. The molecule has 0 unspecified atom stereocenters. The minimum Gasteiger partial charge on any atom is -0.493 e. The monoisotopic (exact) mass is 589 g/mol. The van der Waals surface area contributed by atoms with Gasteiger partial charge in [0.05, 0.1) is 39.0 Å². The maximum Gasteiger partial charge on any atom is 0.255 e. The maximum absolute atomic E-state index is 13.3. The second kappa shape index (κ2) is 13.2. The van der Waals surface area contributed by atoms with Crippen LogP contribution in [0.3, 0.4) is 0 Å². The van der Waals surface area contributed by atoms with Crippen LogP contribution < -0.4 is 19.6 Å². The van der Waals surface area contributed by atoms with Crippen LogP contribution >= 0.6 is 15.9 Å². The predicted octanol–water partition coefficient (Wildman–Crippen LogP) is 3.86. The van der Waals surface area contributed by atoms with Crippen molar-refractivity contribution in [1.29, 1.82) is 0 Å². The summed E-state index contributed by atoms with van der Waals surface area (Å²) in [6, 6.07) is 19.1. The normalized spacial score (nSPS) is 11.5. The molecule has 0 atom stereocenters. The average Bonchev–Trinajstić information content (AvgIpc) is 2.91. The Labute approximate surface area is 225 Å². The predicted molar refractivity (Wildman–Crippen MR) is 145 cm³/mol. The molecule has 1 N–H and O–H groups in total. The first kappa shape index (κ1) is 28.2. The maximum atomic E-state index is 13.3. The molecule has 0 aliphatic rings. The molecular weight excluding hydrogens is 562 g/mol. The van der Waals surface area contributed by atoms with Crippen molar-refractivity contribution in [3.8, 4) is 17.2 Å². The third-order valence-electron chi connectivity index (χ3n) is 5.35. The molecule has 196 valence electrons. The Balaban J connectivity index is 1.76. The standard InChI is InChI=1S/C26H28BrN3O6S/c1-34-23-15-20(16-24(35-2)26(23)36-3)17-28-29-25(31)18-30(14-13-19-7-5-4-6-8-19)37(32,33)22-11-9-21(27)10-12-22/h4-12,15-17H,13-14,18H2,1-3H3,(H,29,31)/b28-17+. The molecule has 0 aliphatic heterocycles. The molecule has 3 aromatic carbocycles. The van der Waals surface area contributed by atoms with E-state index in [4.69, 9.17) is 14.2 Å². The van der Waals surface area contributed by atoms with E-state index in [9.17, 15) is 13.2 Å². The van der Waals surface area contributed by atoms with Gasteiger partial charge in [-0.05, 0) is 48.4 Å². The van der Waals surface area contributed by atoms with E-state index < -0.39 is 22.5 Å². The molecule has 0 fully saturated rings. The second-order valence-electron chi connectivity index (χ2n) is 7.78. The number of benzene rings is 3. The first-order valence-corrected chi connectivity index (χ1v) is 13.4. The summed E-state index contributed by atoms with van der Waals surface area (Å²) in [5, 5.41) is 3.98. The third-order valence-corrected chi connectivity index (χ3v) is 7.74. The van der Waals surface area contributed by atoms with Crippen molar-refractivity contribution in [3.05, 3.63) is 82.3 Å². The van der Waals surface area contributed by atoms with E-state index in [0.717, 1.165) is 14.3 Å². The quantitative estimate of drug-likeness (QED) is 0.254. The number of amides is 1. The highest BCUT2D eigenvalue weighted by molar-refractivity contribution is 9.10. The summed E-state index contributed by atoms with van der Waals surface area (Å²) >= 11 is 3.31. The van der Waals surface area contributed by atoms with Crippen LogP contribution in [0, 0.1) is 0 Å². The molecule has 0 saturated heterocycles. The van der Waals surface area contributed by atoms with Crippen molar-refractivity contribution in [2.24, 2.45) is 5.10 Å². The lowest BCUT2D eigenvalue weighted by Crippen LogP contribution is -2.40. The highest BCUT2D eigenvalue weighted by atomic mass is 79.9. The summed E-state index contributed by atoms with van der Waals surface area (Å²) in [6.07, 6.45) is 1.85. The van der Waals surface area contributed by atoms with Crippen LogP contribution in [0.15, 0.2) is 81.2 Å². The Kier molecular flexibility index (Phi) is 10.1. The zero-order valence-corrected chi connectivity index (χ0v) is 23.1. The van der Waals surface area contributed by atoms with Gasteiger partial charge in [0.15, 0.2) is 11.5 Å². The fourth-order valence-corrected chi connectivity index (χ4v) is 5.15. The van der Waals surface area contributed by atoms with Gasteiger partial charge in [0.25, 0.3) is 5.91 Å². The Hall–Kier alpha value is -3.41. The molecule has 0 aromatic heterocycles. The highest BCUT2D eigenvalue weighted by Crippen LogP contribution is 2.37. The molecule has 0 spiro atoms. The van der Waals surface area contributed by atoms with Gasteiger partial charge in [0.2, 0.25) is 15.8 Å². The van der Waals surface area contributed by atoms with Gasteiger partial charge in [-0.3, -0.25) is 4.79 Å². The fraction of sp³-hybridized carbons (Fsp3) is 0.231. The minimum absolute atomic E-state index is 0.0949. The third kappa shape index (κ3) is 7.54. The Morgan fingerprint density at radius 2 is 1.59 bits per heavy atom. The molecule has 37 heavy (non-hydrogen) atoms. The molecule has 3 rings (SSSR count). The average molecular weight is 590 g/mol. The molecule has 9 nitrogen and oxygen atoms in total. The van der Waals surface area contributed by atoms with Crippen LogP contribution in [0.5, 0.6) is 17.2 Å². The van der Waals surface area contributed by atoms with Crippen molar-refractivity contribution in [3.63, 3.8) is 0 Å². The highest BCUT2D eigenvalue weighted by Gasteiger charge is 2.26. The lowest BCUT2D eigenvalue weighted by molar-refractivity contribution is -0.121. The number of hydrogen-bond donors (Lipinski definition) is 1. The number of sulfonamides is 1. The Bertz CT molecular complexity index is 1310. The number of carbonyl (C=O) groups is 1. The van der Waals surface area contributed by atoms with E-state index in [1.165, 1.54) is 39.7 Å². The lowest BCUT2D eigenvalue weighted by Gasteiger charge is -2.21. The second-order valence-corrected chi connectivity index (χ2v) is 10.6. The van der Waals surface area contributed by atoms with Crippen molar-refractivity contribution in [2.75, 3.05) is 34.4 Å². The SMILES string of the molecule is COc1cc(/C=N/NC(=O)CN(CCc2ccccc2)S(=O)(=O)c2ccc(Br)cc2)cc(OC)c1OC. The van der Waals surface area contributed by atoms with Gasteiger partial charge in [0, 0.05) is 16.6 Å². The summed E-state index contributed by atoms with van der Waals surface area (Å²) in [7, 11) is 0.559. The van der Waals surface area contributed by atoms with Crippen LogP contribution in [0.25, 0.3) is 0 Å². The number of hydrazone groups is 1. The molecule has 0 bridgehead atoms. The van der Waals surface area contributed by atoms with Crippen molar-refractivity contribution >= 4 is 38.1 Å². The molecule has 0 heterocycles. The van der Waals surface area contributed by atoms with Crippen LogP contribution in [0.2, 0.25) is 0 Å². The lowest BCUT2D eigenvalue weighted by atomic mass is 10.1. The molecule has 0 saturated carbocycles. The summed E-state index contributed by atoms with van der Waals surface area (Å²) in [4.78, 5) is 12.8. The van der Waals surface area contributed by atoms with Crippen molar-refractivity contribution < 1.29 is 27.4 Å². The first-order chi connectivity index (χ1) is 17.8. The number of carbonyl (C=O) groups excluding carboxylic acids is 1. The summed E-state index contributed by atoms with van der Waals surface area (Å²) in [5.74, 6) is 0.709. The number of methoxy groups -OCH3 is 3. The zero-order chi connectivity index (χ0) is 26.8. The van der Waals surface area contributed by atoms with Crippen molar-refractivity contribution in [2.45, 2.75) is 11.3 Å². The molecule has 0 radical (unpaired) electrons. The first-order valence-electron chi connectivity index (χ1n) is 11.2. The van der Waals surface area contributed by atoms with Gasteiger partial charge in [-0.2, -0.15) is 9.41 Å². The topological polar surface area (TPSA) is 107 Å². The van der Waals surface area contributed by atoms with E-state index in [-0.39, 0.29) is 11.4 Å². The number of halogens is 1. The van der Waals surface area contributed by atoms with Gasteiger partial charge in [-0.25, -0.2) is 13.8 Å². The van der Waals surface area contributed by atoms with E-state index >= 15 is 0 Å². The Morgan fingerprint density at radius 3 is 2.16 bits per heavy atom. The van der Waals surface area contributed by atoms with Crippen molar-refractivity contribution in [1.82, 2.24) is 9.73 Å². The van der Waals surface area contributed by atoms with Gasteiger partial charge < -0.3 is 14.2 Å². The van der Waals surface area contributed by atoms with Crippen LogP contribution in [-0.4, -0.2) is 59.3 Å². The summed E-state index contributed by atoms with van der Waals surface area (Å²) in [5.41, 5.74) is 3.94. The van der Waals surface area contributed by atoms with Gasteiger partial charge >= 0.3 is 0 Å². The van der Waals surface area contributed by atoms with Gasteiger partial charge in [0.1, 0.15) is 0 Å². The van der Waals surface area contributed by atoms with E-state index in [2.05, 4.69) is 26.5 Å². The minimum atomic E-state index is -3.93. The van der Waals surface area contributed by atoms with E-state index in [1.807, 2.05) is 30.3 Å². The van der Waals surface area contributed by atoms with E-state index in [1.54, 1.807) is 24.3 Å².